The van der Waals surface area contributed by atoms with E-state index in [1.807, 2.05) is 0 Å². The minimum absolute atomic E-state index is 0.823. The molecule has 0 spiro atoms. The van der Waals surface area contributed by atoms with Crippen LogP contribution in [0.4, 0.5) is 5.69 Å². The van der Waals surface area contributed by atoms with E-state index in [2.05, 4.69) is 59.5 Å². The summed E-state index contributed by atoms with van der Waals surface area (Å²) in [5.41, 5.74) is 1.33. The Hall–Kier alpha value is -2.06. The van der Waals surface area contributed by atoms with E-state index >= 15 is 0 Å². The number of ether oxygens (including phenoxy) is 1. The molecule has 3 aromatic rings. The van der Waals surface area contributed by atoms with Crippen LogP contribution < -0.4 is 4.90 Å². The lowest BCUT2D eigenvalue weighted by atomic mass is 10.0. The Morgan fingerprint density at radius 2 is 1.45 bits per heavy atom. The van der Waals surface area contributed by atoms with E-state index in [1.165, 1.54) is 27.2 Å². The summed E-state index contributed by atoms with van der Waals surface area (Å²) in [5, 5.41) is 5.26. The lowest BCUT2D eigenvalue weighted by molar-refractivity contribution is 0.123. The summed E-state index contributed by atoms with van der Waals surface area (Å²) in [5.74, 6) is 0. The first kappa shape index (κ1) is 11.7. The normalized spacial score (nSPS) is 15.9. The molecule has 1 aliphatic rings. The Labute approximate surface area is 118 Å². The molecule has 100 valence electrons. The molecular weight excluding hydrogens is 246 g/mol. The summed E-state index contributed by atoms with van der Waals surface area (Å²) >= 11 is 0. The number of morpholine rings is 1. The minimum Gasteiger partial charge on any atom is -0.378 e. The number of hydrogen-bond acceptors (Lipinski definition) is 2. The number of fused-ring (bicyclic) bond motifs is 2. The summed E-state index contributed by atoms with van der Waals surface area (Å²) in [4.78, 5) is 2.43. The molecule has 0 amide bonds. The second kappa shape index (κ2) is 4.80. The Morgan fingerprint density at radius 1 is 0.750 bits per heavy atom. The fourth-order valence-electron chi connectivity index (χ4n) is 3.03. The van der Waals surface area contributed by atoms with E-state index in [4.69, 9.17) is 4.74 Å². The molecule has 4 rings (SSSR count). The third-order valence-corrected chi connectivity index (χ3v) is 4.08. The van der Waals surface area contributed by atoms with Crippen LogP contribution in [0.3, 0.4) is 0 Å². The number of nitrogens with zero attached hydrogens (tertiary/aromatic N) is 1. The highest BCUT2D eigenvalue weighted by Gasteiger charge is 2.13. The number of benzene rings is 3. The minimum atomic E-state index is 0.823. The molecular formula is C18H17NO. The fraction of sp³-hybridized carbons (Fsp3) is 0.222. The van der Waals surface area contributed by atoms with Gasteiger partial charge in [-0.2, -0.15) is 0 Å². The van der Waals surface area contributed by atoms with Crippen molar-refractivity contribution in [2.75, 3.05) is 31.2 Å². The van der Waals surface area contributed by atoms with Gasteiger partial charge in [0.15, 0.2) is 0 Å². The van der Waals surface area contributed by atoms with Crippen molar-refractivity contribution in [3.8, 4) is 0 Å². The average molecular weight is 263 g/mol. The van der Waals surface area contributed by atoms with Crippen LogP contribution in [0, 0.1) is 0 Å². The van der Waals surface area contributed by atoms with Gasteiger partial charge >= 0.3 is 0 Å². The highest BCUT2D eigenvalue weighted by molar-refractivity contribution is 6.03. The molecule has 1 heterocycles. The zero-order valence-corrected chi connectivity index (χ0v) is 11.4. The van der Waals surface area contributed by atoms with E-state index in [1.54, 1.807) is 0 Å². The lowest BCUT2D eigenvalue weighted by Gasteiger charge is -2.30. The third kappa shape index (κ3) is 1.93. The van der Waals surface area contributed by atoms with E-state index in [0.29, 0.717) is 0 Å². The zero-order chi connectivity index (χ0) is 13.4. The zero-order valence-electron chi connectivity index (χ0n) is 11.4. The van der Waals surface area contributed by atoms with Crippen molar-refractivity contribution in [1.82, 2.24) is 0 Å². The van der Waals surface area contributed by atoms with Crippen molar-refractivity contribution in [3.05, 3.63) is 54.6 Å². The van der Waals surface area contributed by atoms with Gasteiger partial charge in [0.05, 0.1) is 13.2 Å². The van der Waals surface area contributed by atoms with Crippen molar-refractivity contribution < 1.29 is 4.74 Å². The Bertz CT molecular complexity index is 760. The first-order valence-electron chi connectivity index (χ1n) is 7.16. The first-order valence-corrected chi connectivity index (χ1v) is 7.16. The van der Waals surface area contributed by atoms with Crippen LogP contribution in [-0.2, 0) is 4.74 Å². The standard InChI is InChI=1S/C18H17NO/c1-2-5-15-13-17-16(12-14(15)4-1)6-3-7-18(17)19-8-10-20-11-9-19/h1-7,12-13H,8-11H2. The van der Waals surface area contributed by atoms with Crippen molar-refractivity contribution >= 4 is 27.2 Å². The van der Waals surface area contributed by atoms with Gasteiger partial charge in [0.25, 0.3) is 0 Å². The van der Waals surface area contributed by atoms with Crippen LogP contribution >= 0.6 is 0 Å². The number of anilines is 1. The van der Waals surface area contributed by atoms with Gasteiger partial charge < -0.3 is 9.64 Å². The van der Waals surface area contributed by atoms with Crippen LogP contribution in [0.15, 0.2) is 54.6 Å². The summed E-state index contributed by atoms with van der Waals surface area (Å²) in [6.45, 7) is 3.60. The molecule has 0 radical (unpaired) electrons. The van der Waals surface area contributed by atoms with Crippen molar-refractivity contribution in [3.63, 3.8) is 0 Å². The Kier molecular flexibility index (Phi) is 2.82. The summed E-state index contributed by atoms with van der Waals surface area (Å²) in [6, 6.07) is 19.7. The van der Waals surface area contributed by atoms with Crippen molar-refractivity contribution in [2.45, 2.75) is 0 Å². The molecule has 1 fully saturated rings. The predicted molar refractivity (Wildman–Crippen MR) is 84.5 cm³/mol. The largest absolute Gasteiger partial charge is 0.378 e. The summed E-state index contributed by atoms with van der Waals surface area (Å²) in [7, 11) is 0. The molecule has 3 aromatic carbocycles. The predicted octanol–water partition coefficient (Wildman–Crippen LogP) is 3.83. The van der Waals surface area contributed by atoms with Gasteiger partial charge in [-0.05, 0) is 34.4 Å². The molecule has 0 bridgehead atoms. The molecule has 20 heavy (non-hydrogen) atoms. The second-order valence-corrected chi connectivity index (χ2v) is 5.30. The molecule has 0 N–H and O–H groups in total. The average Bonchev–Trinajstić information content (AvgIpc) is 2.53. The van der Waals surface area contributed by atoms with Gasteiger partial charge in [0, 0.05) is 24.2 Å². The maximum absolute atomic E-state index is 5.46. The highest BCUT2D eigenvalue weighted by atomic mass is 16.5. The molecule has 0 aromatic heterocycles. The molecule has 0 aliphatic carbocycles. The molecule has 2 heteroatoms. The van der Waals surface area contributed by atoms with Gasteiger partial charge in [0.2, 0.25) is 0 Å². The lowest BCUT2D eigenvalue weighted by Crippen LogP contribution is -2.36. The molecule has 1 saturated heterocycles. The first-order chi connectivity index (χ1) is 9.92. The van der Waals surface area contributed by atoms with Crippen LogP contribution in [0.5, 0.6) is 0 Å². The second-order valence-electron chi connectivity index (χ2n) is 5.30. The van der Waals surface area contributed by atoms with E-state index in [-0.39, 0.29) is 0 Å². The van der Waals surface area contributed by atoms with E-state index < -0.39 is 0 Å². The maximum atomic E-state index is 5.46. The number of hydrogen-bond donors (Lipinski definition) is 0. The van der Waals surface area contributed by atoms with E-state index in [0.717, 1.165) is 26.3 Å². The van der Waals surface area contributed by atoms with Crippen molar-refractivity contribution in [1.29, 1.82) is 0 Å². The summed E-state index contributed by atoms with van der Waals surface area (Å²) in [6.07, 6.45) is 0. The molecule has 1 aliphatic heterocycles. The van der Waals surface area contributed by atoms with Gasteiger partial charge in [-0.1, -0.05) is 36.4 Å². The Balaban J connectivity index is 1.94. The molecule has 2 nitrogen and oxygen atoms in total. The third-order valence-electron chi connectivity index (χ3n) is 4.08. The van der Waals surface area contributed by atoms with Gasteiger partial charge in [-0.3, -0.25) is 0 Å². The topological polar surface area (TPSA) is 12.5 Å². The van der Waals surface area contributed by atoms with Gasteiger partial charge in [-0.15, -0.1) is 0 Å². The van der Waals surface area contributed by atoms with Crippen LogP contribution in [-0.4, -0.2) is 26.3 Å². The maximum Gasteiger partial charge on any atom is 0.0642 e. The summed E-state index contributed by atoms with van der Waals surface area (Å²) < 4.78 is 5.46. The Morgan fingerprint density at radius 3 is 2.25 bits per heavy atom. The molecule has 0 atom stereocenters. The van der Waals surface area contributed by atoms with Gasteiger partial charge in [-0.25, -0.2) is 0 Å². The SMILES string of the molecule is c1ccc2cc3c(N4CCOCC4)cccc3cc2c1. The monoisotopic (exact) mass is 263 g/mol. The molecule has 0 saturated carbocycles. The fourth-order valence-corrected chi connectivity index (χ4v) is 3.03. The van der Waals surface area contributed by atoms with Crippen LogP contribution in [0.2, 0.25) is 0 Å². The quantitative estimate of drug-likeness (QED) is 0.619. The van der Waals surface area contributed by atoms with Crippen LogP contribution in [0.1, 0.15) is 0 Å². The van der Waals surface area contributed by atoms with Crippen LogP contribution in [0.25, 0.3) is 21.5 Å². The van der Waals surface area contributed by atoms with Crippen molar-refractivity contribution in [2.24, 2.45) is 0 Å². The smallest absolute Gasteiger partial charge is 0.0642 e. The van der Waals surface area contributed by atoms with Gasteiger partial charge in [0.1, 0.15) is 0 Å². The highest BCUT2D eigenvalue weighted by Crippen LogP contribution is 2.31. The molecule has 0 unspecified atom stereocenters. The van der Waals surface area contributed by atoms with E-state index in [9.17, 15) is 0 Å². The number of rotatable bonds is 1.